The molecule has 0 saturated carbocycles. The standard InChI is InChI=1S/C20H29N3O5/c1-5-6-7-8-11-20(2)18(25)23(19(26)22-20)13-17(24)21-15-12-14(27-3)9-10-16(15)28-4/h9-10,12H,5-8,11,13H2,1-4H3,(H,21,24)(H,22,26)/t20-/m1/s1. The number of urea groups is 1. The fourth-order valence-electron chi connectivity index (χ4n) is 3.21. The molecule has 1 fully saturated rings. The monoisotopic (exact) mass is 391 g/mol. The van der Waals surface area contributed by atoms with E-state index in [1.165, 1.54) is 14.2 Å². The number of ether oxygens (including phenoxy) is 2. The molecule has 1 heterocycles. The summed E-state index contributed by atoms with van der Waals surface area (Å²) >= 11 is 0. The molecule has 1 aliphatic heterocycles. The van der Waals surface area contributed by atoms with Gasteiger partial charge in [0.15, 0.2) is 0 Å². The molecule has 1 aliphatic rings. The van der Waals surface area contributed by atoms with Crippen LogP contribution in [-0.4, -0.2) is 49.0 Å². The van der Waals surface area contributed by atoms with Crippen molar-refractivity contribution < 1.29 is 23.9 Å². The highest BCUT2D eigenvalue weighted by atomic mass is 16.5. The molecule has 1 saturated heterocycles. The van der Waals surface area contributed by atoms with Crippen molar-refractivity contribution in [3.05, 3.63) is 18.2 Å². The van der Waals surface area contributed by atoms with E-state index < -0.39 is 17.5 Å². The van der Waals surface area contributed by atoms with Gasteiger partial charge < -0.3 is 20.1 Å². The van der Waals surface area contributed by atoms with Crippen molar-refractivity contribution in [2.45, 2.75) is 51.5 Å². The molecule has 0 unspecified atom stereocenters. The van der Waals surface area contributed by atoms with Crippen molar-refractivity contribution in [1.82, 2.24) is 10.2 Å². The van der Waals surface area contributed by atoms with Gasteiger partial charge >= 0.3 is 6.03 Å². The van der Waals surface area contributed by atoms with E-state index in [0.717, 1.165) is 30.6 Å². The van der Waals surface area contributed by atoms with Crippen LogP contribution >= 0.6 is 0 Å². The summed E-state index contributed by atoms with van der Waals surface area (Å²) in [5.41, 5.74) is -0.556. The first-order valence-corrected chi connectivity index (χ1v) is 9.50. The number of benzene rings is 1. The SMILES string of the molecule is CCCCCC[C@@]1(C)NC(=O)N(CC(=O)Nc2cc(OC)ccc2OC)C1=O. The zero-order chi connectivity index (χ0) is 20.7. The van der Waals surface area contributed by atoms with Crippen molar-refractivity contribution in [1.29, 1.82) is 0 Å². The molecule has 0 spiro atoms. The van der Waals surface area contributed by atoms with Crippen LogP contribution in [0.5, 0.6) is 11.5 Å². The largest absolute Gasteiger partial charge is 0.497 e. The maximum absolute atomic E-state index is 12.7. The fourth-order valence-corrected chi connectivity index (χ4v) is 3.21. The molecule has 2 rings (SSSR count). The summed E-state index contributed by atoms with van der Waals surface area (Å²) < 4.78 is 10.4. The first-order chi connectivity index (χ1) is 13.3. The number of methoxy groups -OCH3 is 2. The van der Waals surface area contributed by atoms with Crippen molar-refractivity contribution in [3.8, 4) is 11.5 Å². The Labute approximate surface area is 165 Å². The van der Waals surface area contributed by atoms with Crippen LogP contribution in [0.2, 0.25) is 0 Å². The van der Waals surface area contributed by atoms with Gasteiger partial charge in [-0.3, -0.25) is 14.5 Å². The molecule has 4 amide bonds. The van der Waals surface area contributed by atoms with Gasteiger partial charge in [-0.1, -0.05) is 32.6 Å². The Morgan fingerprint density at radius 1 is 1.18 bits per heavy atom. The van der Waals surface area contributed by atoms with Crippen molar-refractivity contribution >= 4 is 23.5 Å². The second-order valence-electron chi connectivity index (χ2n) is 7.08. The third-order valence-corrected chi connectivity index (χ3v) is 4.86. The van der Waals surface area contributed by atoms with Gasteiger partial charge in [-0.25, -0.2) is 4.79 Å². The highest BCUT2D eigenvalue weighted by Crippen LogP contribution is 2.29. The van der Waals surface area contributed by atoms with Crippen LogP contribution in [0, 0.1) is 0 Å². The van der Waals surface area contributed by atoms with Crippen LogP contribution in [0.3, 0.4) is 0 Å². The Balaban J connectivity index is 2.02. The van der Waals surface area contributed by atoms with Gasteiger partial charge in [0.05, 0.1) is 19.9 Å². The minimum atomic E-state index is -0.960. The Morgan fingerprint density at radius 3 is 2.57 bits per heavy atom. The molecule has 28 heavy (non-hydrogen) atoms. The van der Waals surface area contributed by atoms with Gasteiger partial charge in [0.2, 0.25) is 5.91 Å². The number of carbonyl (C=O) groups is 3. The number of anilines is 1. The van der Waals surface area contributed by atoms with Crippen molar-refractivity contribution in [3.63, 3.8) is 0 Å². The topological polar surface area (TPSA) is 97.0 Å². The number of imide groups is 1. The van der Waals surface area contributed by atoms with Crippen molar-refractivity contribution in [2.24, 2.45) is 0 Å². The molecule has 0 bridgehead atoms. The Kier molecular flexibility index (Phi) is 7.25. The molecule has 8 heteroatoms. The number of hydrogen-bond donors (Lipinski definition) is 2. The lowest BCUT2D eigenvalue weighted by Crippen LogP contribution is -2.44. The first kappa shape index (κ1) is 21.5. The minimum Gasteiger partial charge on any atom is -0.497 e. The number of nitrogens with one attached hydrogen (secondary N) is 2. The number of carbonyl (C=O) groups excluding carboxylic acids is 3. The maximum atomic E-state index is 12.7. The van der Waals surface area contributed by atoms with E-state index in [0.29, 0.717) is 23.6 Å². The van der Waals surface area contributed by atoms with Crippen LogP contribution in [0.1, 0.15) is 46.0 Å². The summed E-state index contributed by atoms with van der Waals surface area (Å²) in [6.07, 6.45) is 4.59. The zero-order valence-corrected chi connectivity index (χ0v) is 17.0. The lowest BCUT2D eigenvalue weighted by Gasteiger charge is -2.21. The van der Waals surface area contributed by atoms with Gasteiger partial charge in [-0.05, 0) is 25.5 Å². The lowest BCUT2D eigenvalue weighted by molar-refractivity contribution is -0.133. The Hall–Kier alpha value is -2.77. The number of hydrogen-bond acceptors (Lipinski definition) is 5. The van der Waals surface area contributed by atoms with Gasteiger partial charge in [-0.2, -0.15) is 0 Å². The predicted molar refractivity (Wildman–Crippen MR) is 106 cm³/mol. The quantitative estimate of drug-likeness (QED) is 0.472. The third kappa shape index (κ3) is 4.94. The second kappa shape index (κ2) is 9.43. The molecular formula is C20H29N3O5. The molecule has 1 aromatic carbocycles. The van der Waals surface area contributed by atoms with Crippen LogP contribution in [0.15, 0.2) is 18.2 Å². The molecule has 0 radical (unpaired) electrons. The van der Waals surface area contributed by atoms with E-state index in [1.807, 2.05) is 0 Å². The van der Waals surface area contributed by atoms with E-state index in [4.69, 9.17) is 9.47 Å². The third-order valence-electron chi connectivity index (χ3n) is 4.86. The highest BCUT2D eigenvalue weighted by Gasteiger charge is 2.47. The second-order valence-corrected chi connectivity index (χ2v) is 7.08. The van der Waals surface area contributed by atoms with Crippen LogP contribution in [0.25, 0.3) is 0 Å². The number of unbranched alkanes of at least 4 members (excludes halogenated alkanes) is 3. The smallest absolute Gasteiger partial charge is 0.325 e. The molecule has 0 aromatic heterocycles. The fraction of sp³-hybridized carbons (Fsp3) is 0.550. The maximum Gasteiger partial charge on any atom is 0.325 e. The summed E-state index contributed by atoms with van der Waals surface area (Å²) in [7, 11) is 3.00. The lowest BCUT2D eigenvalue weighted by atomic mass is 9.94. The molecule has 154 valence electrons. The molecule has 2 N–H and O–H groups in total. The normalized spacial score (nSPS) is 18.8. The van der Waals surface area contributed by atoms with Crippen molar-refractivity contribution in [2.75, 3.05) is 26.1 Å². The van der Waals surface area contributed by atoms with E-state index in [-0.39, 0.29) is 12.5 Å². The highest BCUT2D eigenvalue weighted by molar-refractivity contribution is 6.10. The van der Waals surface area contributed by atoms with E-state index >= 15 is 0 Å². The number of nitrogens with zero attached hydrogens (tertiary/aromatic N) is 1. The summed E-state index contributed by atoms with van der Waals surface area (Å²) in [6, 6.07) is 4.43. The molecule has 1 aromatic rings. The van der Waals surface area contributed by atoms with Gasteiger partial charge in [0.1, 0.15) is 23.6 Å². The average Bonchev–Trinajstić information content (AvgIpc) is 2.88. The number of rotatable bonds is 10. The van der Waals surface area contributed by atoms with Gasteiger partial charge in [-0.15, -0.1) is 0 Å². The number of amides is 4. The zero-order valence-electron chi connectivity index (χ0n) is 17.0. The molecule has 8 nitrogen and oxygen atoms in total. The van der Waals surface area contributed by atoms with Crippen LogP contribution in [-0.2, 0) is 9.59 Å². The summed E-state index contributed by atoms with van der Waals surface area (Å²) in [4.78, 5) is 38.4. The summed E-state index contributed by atoms with van der Waals surface area (Å²) in [5, 5.41) is 5.40. The summed E-state index contributed by atoms with van der Waals surface area (Å²) in [6.45, 7) is 3.46. The Morgan fingerprint density at radius 2 is 1.93 bits per heavy atom. The van der Waals surface area contributed by atoms with Crippen LogP contribution < -0.4 is 20.1 Å². The van der Waals surface area contributed by atoms with E-state index in [9.17, 15) is 14.4 Å². The average molecular weight is 391 g/mol. The van der Waals surface area contributed by atoms with Gasteiger partial charge in [0, 0.05) is 6.07 Å². The first-order valence-electron chi connectivity index (χ1n) is 9.50. The van der Waals surface area contributed by atoms with Gasteiger partial charge in [0.25, 0.3) is 5.91 Å². The molecular weight excluding hydrogens is 362 g/mol. The predicted octanol–water partition coefficient (Wildman–Crippen LogP) is 2.92. The minimum absolute atomic E-state index is 0.365. The summed E-state index contributed by atoms with van der Waals surface area (Å²) in [5.74, 6) is 0.130. The molecule has 0 aliphatic carbocycles. The van der Waals surface area contributed by atoms with E-state index in [1.54, 1.807) is 25.1 Å². The Bertz CT molecular complexity index is 737. The van der Waals surface area contributed by atoms with Crippen LogP contribution in [0.4, 0.5) is 10.5 Å². The van der Waals surface area contributed by atoms with E-state index in [2.05, 4.69) is 17.6 Å². The molecule has 1 atom stereocenters.